The highest BCUT2D eigenvalue weighted by molar-refractivity contribution is 5.92. The van der Waals surface area contributed by atoms with Gasteiger partial charge in [-0.05, 0) is 23.3 Å². The Morgan fingerprint density at radius 2 is 1.45 bits per heavy atom. The van der Waals surface area contributed by atoms with E-state index < -0.39 is 52.8 Å². The predicted molar refractivity (Wildman–Crippen MR) is 92.4 cm³/mol. The number of hydrogen-bond acceptors (Lipinski definition) is 1. The summed E-state index contributed by atoms with van der Waals surface area (Å²) in [5.74, 6) is -10.4. The van der Waals surface area contributed by atoms with E-state index in [9.17, 15) is 35.5 Å². The topological polar surface area (TPSA) is 17.1 Å². The van der Waals surface area contributed by atoms with Crippen molar-refractivity contribution < 1.29 is 35.5 Å². The molecule has 1 nitrogen and oxygen atoms in total. The maximum absolute atomic E-state index is 14.0. The monoisotopic (exact) mass is 414 g/mol. The second-order valence-electron chi connectivity index (χ2n) is 6.64. The summed E-state index contributed by atoms with van der Waals surface area (Å²) in [7, 11) is 0. The summed E-state index contributed by atoms with van der Waals surface area (Å²) in [6, 6.07) is 10.6. The molecule has 0 saturated heterocycles. The number of carbonyl (C=O) groups is 1. The first-order chi connectivity index (χ1) is 13.5. The van der Waals surface area contributed by atoms with Crippen LogP contribution in [0.1, 0.15) is 22.3 Å². The summed E-state index contributed by atoms with van der Waals surface area (Å²) in [5, 5.41) is 1.52. The lowest BCUT2D eigenvalue weighted by Gasteiger charge is -2.14. The van der Waals surface area contributed by atoms with Gasteiger partial charge in [-0.2, -0.15) is 13.2 Å². The maximum Gasteiger partial charge on any atom is 0.422 e. The number of benzene rings is 3. The zero-order valence-electron chi connectivity index (χ0n) is 14.9. The number of Topliss-reactive ketones (excluding diaryl/α,β-unsaturated/α-hetero) is 1. The lowest BCUT2D eigenvalue weighted by Crippen LogP contribution is -2.19. The van der Waals surface area contributed by atoms with E-state index in [1.165, 1.54) is 0 Å². The van der Waals surface area contributed by atoms with Crippen molar-refractivity contribution in [3.63, 3.8) is 0 Å². The SMILES string of the molecule is Cc1cc(CC(=O)Cc2c(F)c(F)c(C(F)(F)F)c(F)c2F)c2ccccc2c1. The van der Waals surface area contributed by atoms with E-state index >= 15 is 0 Å². The number of fused-ring (bicyclic) bond motifs is 1. The molecule has 0 fully saturated rings. The average molecular weight is 414 g/mol. The zero-order valence-corrected chi connectivity index (χ0v) is 14.9. The highest BCUT2D eigenvalue weighted by Crippen LogP contribution is 2.37. The van der Waals surface area contributed by atoms with E-state index in [0.29, 0.717) is 10.9 Å². The molecule has 0 spiro atoms. The average Bonchev–Trinajstić information content (AvgIpc) is 2.62. The molecular weight excluding hydrogens is 401 g/mol. The Bertz CT molecular complexity index is 1090. The molecule has 3 aromatic rings. The van der Waals surface area contributed by atoms with Gasteiger partial charge in [0.15, 0.2) is 23.3 Å². The van der Waals surface area contributed by atoms with Gasteiger partial charge in [0.05, 0.1) is 0 Å². The number of halogens is 7. The Balaban J connectivity index is 1.97. The molecule has 0 aliphatic heterocycles. The summed E-state index contributed by atoms with van der Waals surface area (Å²) < 4.78 is 93.5. The highest BCUT2D eigenvalue weighted by atomic mass is 19.4. The number of carbonyl (C=O) groups excluding carboxylic acids is 1. The number of aryl methyl sites for hydroxylation is 1. The molecule has 3 aromatic carbocycles. The van der Waals surface area contributed by atoms with Crippen LogP contribution < -0.4 is 0 Å². The second kappa shape index (κ2) is 7.50. The summed E-state index contributed by atoms with van der Waals surface area (Å²) in [6.45, 7) is 1.78. The minimum Gasteiger partial charge on any atom is -0.299 e. The van der Waals surface area contributed by atoms with Crippen LogP contribution in [0.5, 0.6) is 0 Å². The second-order valence-corrected chi connectivity index (χ2v) is 6.64. The van der Waals surface area contributed by atoms with Gasteiger partial charge in [0, 0.05) is 18.4 Å². The lowest BCUT2D eigenvalue weighted by atomic mass is 9.95. The standard InChI is InChI=1S/C21H13F7O/c1-10-6-11-4-2-3-5-14(11)12(7-10)8-13(29)9-15-17(22)19(24)16(21(26,27)28)20(25)18(15)23/h2-7H,8-9H2,1H3. The number of ketones is 1. The summed E-state index contributed by atoms with van der Waals surface area (Å²) in [6.07, 6.45) is -7.03. The van der Waals surface area contributed by atoms with Crippen molar-refractivity contribution in [3.05, 3.63) is 81.9 Å². The molecule has 29 heavy (non-hydrogen) atoms. The third-order valence-corrected chi connectivity index (χ3v) is 4.49. The minimum atomic E-state index is -5.63. The summed E-state index contributed by atoms with van der Waals surface area (Å²) >= 11 is 0. The smallest absolute Gasteiger partial charge is 0.299 e. The molecule has 8 heteroatoms. The van der Waals surface area contributed by atoms with Crippen molar-refractivity contribution >= 4 is 16.6 Å². The largest absolute Gasteiger partial charge is 0.422 e. The molecule has 0 aliphatic carbocycles. The Kier molecular flexibility index (Phi) is 5.38. The van der Waals surface area contributed by atoms with E-state index in [1.807, 2.05) is 6.07 Å². The molecule has 0 aliphatic rings. The Labute approximate surface area is 160 Å². The van der Waals surface area contributed by atoms with Gasteiger partial charge < -0.3 is 0 Å². The van der Waals surface area contributed by atoms with Gasteiger partial charge in [0.25, 0.3) is 0 Å². The van der Waals surface area contributed by atoms with Crippen LogP contribution in [0.25, 0.3) is 10.8 Å². The summed E-state index contributed by atoms with van der Waals surface area (Å²) in [5.41, 5.74) is -2.68. The van der Waals surface area contributed by atoms with Crippen LogP contribution in [0, 0.1) is 30.2 Å². The first-order valence-corrected chi connectivity index (χ1v) is 8.42. The van der Waals surface area contributed by atoms with Crippen molar-refractivity contribution in [2.45, 2.75) is 25.9 Å². The van der Waals surface area contributed by atoms with E-state index in [-0.39, 0.29) is 6.42 Å². The normalized spacial score (nSPS) is 11.9. The van der Waals surface area contributed by atoms with Crippen LogP contribution in [0.4, 0.5) is 30.7 Å². The minimum absolute atomic E-state index is 0.314. The van der Waals surface area contributed by atoms with Gasteiger partial charge in [-0.15, -0.1) is 0 Å². The van der Waals surface area contributed by atoms with Crippen molar-refractivity contribution in [1.82, 2.24) is 0 Å². The molecule has 3 rings (SSSR count). The maximum atomic E-state index is 14.0. The van der Waals surface area contributed by atoms with E-state index in [1.54, 1.807) is 37.3 Å². The molecule has 0 atom stereocenters. The molecule has 0 aromatic heterocycles. The molecule has 0 radical (unpaired) electrons. The fourth-order valence-electron chi connectivity index (χ4n) is 3.25. The molecule has 0 unspecified atom stereocenters. The molecule has 0 saturated carbocycles. The van der Waals surface area contributed by atoms with Crippen molar-refractivity contribution in [2.75, 3.05) is 0 Å². The van der Waals surface area contributed by atoms with Crippen LogP contribution in [0.3, 0.4) is 0 Å². The van der Waals surface area contributed by atoms with E-state index in [4.69, 9.17) is 0 Å². The number of hydrogen-bond donors (Lipinski definition) is 0. The third-order valence-electron chi connectivity index (χ3n) is 4.49. The summed E-state index contributed by atoms with van der Waals surface area (Å²) in [4.78, 5) is 12.3. The molecule has 0 heterocycles. The van der Waals surface area contributed by atoms with Gasteiger partial charge in [-0.25, -0.2) is 17.6 Å². The van der Waals surface area contributed by atoms with Crippen molar-refractivity contribution in [3.8, 4) is 0 Å². The molecule has 0 bridgehead atoms. The van der Waals surface area contributed by atoms with E-state index in [0.717, 1.165) is 10.9 Å². The molecule has 0 amide bonds. The number of rotatable bonds is 4. The van der Waals surface area contributed by atoms with Gasteiger partial charge >= 0.3 is 6.18 Å². The van der Waals surface area contributed by atoms with Gasteiger partial charge in [-0.3, -0.25) is 4.79 Å². The van der Waals surface area contributed by atoms with Crippen LogP contribution >= 0.6 is 0 Å². The predicted octanol–water partition coefficient (Wildman–Crippen LogP) is 6.08. The lowest BCUT2D eigenvalue weighted by molar-refractivity contribution is -0.143. The van der Waals surface area contributed by atoms with Crippen LogP contribution in [0.2, 0.25) is 0 Å². The van der Waals surface area contributed by atoms with Gasteiger partial charge in [0.2, 0.25) is 0 Å². The highest BCUT2D eigenvalue weighted by Gasteiger charge is 2.42. The molecule has 152 valence electrons. The van der Waals surface area contributed by atoms with Crippen LogP contribution in [-0.2, 0) is 23.8 Å². The first-order valence-electron chi connectivity index (χ1n) is 8.42. The van der Waals surface area contributed by atoms with Crippen molar-refractivity contribution in [1.29, 1.82) is 0 Å². The fourth-order valence-corrected chi connectivity index (χ4v) is 3.25. The van der Waals surface area contributed by atoms with Crippen LogP contribution in [0.15, 0.2) is 36.4 Å². The van der Waals surface area contributed by atoms with Crippen molar-refractivity contribution in [2.24, 2.45) is 0 Å². The molecule has 0 N–H and O–H groups in total. The van der Waals surface area contributed by atoms with E-state index in [2.05, 4.69) is 0 Å². The van der Waals surface area contributed by atoms with Gasteiger partial charge in [-0.1, -0.05) is 42.0 Å². The fraction of sp³-hybridized carbons (Fsp3) is 0.190. The Hall–Kier alpha value is -2.90. The quantitative estimate of drug-likeness (QED) is 0.374. The third kappa shape index (κ3) is 3.97. The Morgan fingerprint density at radius 1 is 0.862 bits per heavy atom. The van der Waals surface area contributed by atoms with Crippen LogP contribution in [-0.4, -0.2) is 5.78 Å². The van der Waals surface area contributed by atoms with Gasteiger partial charge in [0.1, 0.15) is 11.3 Å². The molecular formula is C21H13F7O. The first kappa shape index (κ1) is 20.8. The zero-order chi connectivity index (χ0) is 21.5. The number of alkyl halides is 3. The Morgan fingerprint density at radius 3 is 2.03 bits per heavy atom.